The van der Waals surface area contributed by atoms with Crippen LogP contribution in [0.25, 0.3) is 0 Å². The Morgan fingerprint density at radius 3 is 2.75 bits per heavy atom. The number of rotatable bonds is 5. The second-order valence-electron chi connectivity index (χ2n) is 5.15. The maximum Gasteiger partial charge on any atom is 0.107 e. The number of thioether (sulfide) groups is 1. The van der Waals surface area contributed by atoms with E-state index < -0.39 is 0 Å². The first-order valence-electron chi connectivity index (χ1n) is 6.89. The normalized spacial score (nSPS) is 16.1. The molecule has 3 nitrogen and oxygen atoms in total. The van der Waals surface area contributed by atoms with Gasteiger partial charge in [-0.25, -0.2) is 0 Å². The molecule has 1 aromatic carbocycles. The quantitative estimate of drug-likeness (QED) is 0.669. The number of hydrogen-bond donors (Lipinski definition) is 1. The molecule has 1 fully saturated rings. The third kappa shape index (κ3) is 3.65. The first-order chi connectivity index (χ1) is 9.63. The van der Waals surface area contributed by atoms with Gasteiger partial charge in [0.05, 0.1) is 0 Å². The summed E-state index contributed by atoms with van der Waals surface area (Å²) in [5, 5.41) is 0. The molecule has 20 heavy (non-hydrogen) atoms. The van der Waals surface area contributed by atoms with Gasteiger partial charge in [-0.3, -0.25) is 0 Å². The van der Waals surface area contributed by atoms with Crippen molar-refractivity contribution < 1.29 is 4.74 Å². The van der Waals surface area contributed by atoms with E-state index in [1.807, 2.05) is 0 Å². The highest BCUT2D eigenvalue weighted by Crippen LogP contribution is 2.30. The molecule has 1 saturated heterocycles. The van der Waals surface area contributed by atoms with Crippen LogP contribution in [0.2, 0.25) is 0 Å². The molecule has 0 bridgehead atoms. The van der Waals surface area contributed by atoms with E-state index in [4.69, 9.17) is 22.7 Å². The molecular weight excluding hydrogens is 288 g/mol. The van der Waals surface area contributed by atoms with Crippen LogP contribution in [0.3, 0.4) is 0 Å². The van der Waals surface area contributed by atoms with Gasteiger partial charge in [0.1, 0.15) is 4.99 Å². The molecule has 2 rings (SSSR count). The molecule has 2 N–H and O–H groups in total. The summed E-state index contributed by atoms with van der Waals surface area (Å²) in [6.07, 6.45) is 4.32. The van der Waals surface area contributed by atoms with Crippen LogP contribution in [0.4, 0.5) is 5.69 Å². The third-order valence-electron chi connectivity index (χ3n) is 3.75. The maximum absolute atomic E-state index is 5.93. The van der Waals surface area contributed by atoms with E-state index in [-0.39, 0.29) is 0 Å². The lowest BCUT2D eigenvalue weighted by Crippen LogP contribution is -2.31. The first kappa shape index (κ1) is 15.6. The third-order valence-corrected chi connectivity index (χ3v) is 4.74. The number of nitrogens with zero attached hydrogens (tertiary/aromatic N) is 1. The first-order valence-corrected chi connectivity index (χ1v) is 8.52. The highest BCUT2D eigenvalue weighted by atomic mass is 32.2. The summed E-state index contributed by atoms with van der Waals surface area (Å²) in [4.78, 5) is 3.90. The van der Waals surface area contributed by atoms with E-state index in [2.05, 4.69) is 36.4 Å². The lowest BCUT2D eigenvalue weighted by molar-refractivity contribution is 0.0685. The topological polar surface area (TPSA) is 38.5 Å². The van der Waals surface area contributed by atoms with Crippen molar-refractivity contribution in [2.75, 3.05) is 38.0 Å². The van der Waals surface area contributed by atoms with Crippen molar-refractivity contribution in [1.29, 1.82) is 0 Å². The molecule has 1 aliphatic rings. The molecule has 0 unspecified atom stereocenters. The largest absolute Gasteiger partial charge is 0.389 e. The van der Waals surface area contributed by atoms with Gasteiger partial charge in [-0.15, -0.1) is 11.8 Å². The Morgan fingerprint density at radius 2 is 2.15 bits per heavy atom. The number of benzene rings is 1. The molecule has 0 radical (unpaired) electrons. The predicted octanol–water partition coefficient (Wildman–Crippen LogP) is 2.91. The Bertz CT molecular complexity index is 473. The molecule has 0 amide bonds. The lowest BCUT2D eigenvalue weighted by atomic mass is 9.99. The van der Waals surface area contributed by atoms with E-state index in [0.717, 1.165) is 48.7 Å². The van der Waals surface area contributed by atoms with Gasteiger partial charge < -0.3 is 15.4 Å². The summed E-state index contributed by atoms with van der Waals surface area (Å²) in [5.41, 5.74) is 8.07. The van der Waals surface area contributed by atoms with Gasteiger partial charge >= 0.3 is 0 Å². The average Bonchev–Trinajstić information content (AvgIpc) is 2.47. The number of ether oxygens (including phenoxy) is 1. The molecule has 0 aliphatic carbocycles. The molecule has 110 valence electrons. The minimum atomic E-state index is 0.476. The van der Waals surface area contributed by atoms with Gasteiger partial charge in [0.2, 0.25) is 0 Å². The smallest absolute Gasteiger partial charge is 0.107 e. The summed E-state index contributed by atoms with van der Waals surface area (Å²) in [5.74, 6) is 0.686. The summed E-state index contributed by atoms with van der Waals surface area (Å²) >= 11 is 6.93. The zero-order valence-corrected chi connectivity index (χ0v) is 13.7. The van der Waals surface area contributed by atoms with E-state index in [9.17, 15) is 0 Å². The van der Waals surface area contributed by atoms with Crippen LogP contribution in [-0.4, -0.2) is 38.1 Å². The minimum absolute atomic E-state index is 0.476. The Balaban J connectivity index is 2.19. The Hall–Kier alpha value is -0.780. The standard InChI is InChI=1S/C15H22N2OS2/c1-17(10-11-6-8-18-9-7-11)12-4-3-5-13(20-2)14(12)15(16)19/h3-5,11H,6-10H2,1-2H3,(H2,16,19). The van der Waals surface area contributed by atoms with Crippen LogP contribution in [0, 0.1) is 5.92 Å². The van der Waals surface area contributed by atoms with Gasteiger partial charge in [0.25, 0.3) is 0 Å². The second kappa shape index (κ2) is 7.29. The molecule has 1 aromatic rings. The van der Waals surface area contributed by atoms with Crippen LogP contribution in [0.5, 0.6) is 0 Å². The lowest BCUT2D eigenvalue weighted by Gasteiger charge is -2.30. The van der Waals surface area contributed by atoms with Crippen molar-refractivity contribution in [2.24, 2.45) is 11.7 Å². The highest BCUT2D eigenvalue weighted by molar-refractivity contribution is 7.98. The number of nitrogens with two attached hydrogens (primary N) is 1. The fourth-order valence-corrected chi connectivity index (χ4v) is 3.58. The van der Waals surface area contributed by atoms with Crippen LogP contribution in [0.1, 0.15) is 18.4 Å². The van der Waals surface area contributed by atoms with Crippen molar-refractivity contribution in [1.82, 2.24) is 0 Å². The van der Waals surface area contributed by atoms with E-state index in [1.165, 1.54) is 0 Å². The van der Waals surface area contributed by atoms with Crippen LogP contribution < -0.4 is 10.6 Å². The summed E-state index contributed by atoms with van der Waals surface area (Å²) in [6, 6.07) is 6.25. The Kier molecular flexibility index (Phi) is 5.69. The van der Waals surface area contributed by atoms with Gasteiger partial charge in [0, 0.05) is 43.0 Å². The highest BCUT2D eigenvalue weighted by Gasteiger charge is 2.19. The Morgan fingerprint density at radius 1 is 1.45 bits per heavy atom. The Labute approximate surface area is 130 Å². The molecule has 1 aliphatic heterocycles. The van der Waals surface area contributed by atoms with Crippen LogP contribution >= 0.6 is 24.0 Å². The van der Waals surface area contributed by atoms with Gasteiger partial charge in [-0.05, 0) is 37.1 Å². The van der Waals surface area contributed by atoms with Crippen molar-refractivity contribution >= 4 is 34.7 Å². The minimum Gasteiger partial charge on any atom is -0.389 e. The van der Waals surface area contributed by atoms with Crippen molar-refractivity contribution in [3.8, 4) is 0 Å². The number of hydrogen-bond acceptors (Lipinski definition) is 4. The molecular formula is C15H22N2OS2. The van der Waals surface area contributed by atoms with E-state index in [0.29, 0.717) is 10.9 Å². The van der Waals surface area contributed by atoms with Crippen molar-refractivity contribution in [2.45, 2.75) is 17.7 Å². The predicted molar refractivity (Wildman–Crippen MR) is 90.9 cm³/mol. The van der Waals surface area contributed by atoms with Gasteiger partial charge in [-0.2, -0.15) is 0 Å². The molecule has 0 spiro atoms. The fraction of sp³-hybridized carbons (Fsp3) is 0.533. The molecule has 0 aromatic heterocycles. The van der Waals surface area contributed by atoms with E-state index >= 15 is 0 Å². The van der Waals surface area contributed by atoms with Gasteiger partial charge in [0.15, 0.2) is 0 Å². The fourth-order valence-electron chi connectivity index (χ4n) is 2.67. The van der Waals surface area contributed by atoms with Crippen LogP contribution in [-0.2, 0) is 4.74 Å². The zero-order valence-electron chi connectivity index (χ0n) is 12.1. The summed E-state index contributed by atoms with van der Waals surface area (Å²) < 4.78 is 5.42. The maximum atomic E-state index is 5.93. The van der Waals surface area contributed by atoms with E-state index in [1.54, 1.807) is 11.8 Å². The van der Waals surface area contributed by atoms with Crippen molar-refractivity contribution in [3.05, 3.63) is 23.8 Å². The molecule has 0 saturated carbocycles. The number of anilines is 1. The van der Waals surface area contributed by atoms with Crippen LogP contribution in [0.15, 0.2) is 23.1 Å². The SMILES string of the molecule is CSc1cccc(N(C)CC2CCOCC2)c1C(N)=S. The summed E-state index contributed by atoms with van der Waals surface area (Å²) in [6.45, 7) is 2.79. The van der Waals surface area contributed by atoms with Crippen molar-refractivity contribution in [3.63, 3.8) is 0 Å². The second-order valence-corrected chi connectivity index (χ2v) is 6.44. The zero-order chi connectivity index (χ0) is 14.5. The summed E-state index contributed by atoms with van der Waals surface area (Å²) in [7, 11) is 2.12. The molecule has 0 atom stereocenters. The monoisotopic (exact) mass is 310 g/mol. The average molecular weight is 310 g/mol. The van der Waals surface area contributed by atoms with Gasteiger partial charge in [-0.1, -0.05) is 18.3 Å². The molecule has 1 heterocycles. The molecule has 5 heteroatoms. The number of thiocarbonyl (C=S) groups is 1.